The van der Waals surface area contributed by atoms with Crippen molar-refractivity contribution in [2.45, 2.75) is 38.6 Å². The van der Waals surface area contributed by atoms with Gasteiger partial charge in [0.05, 0.1) is 17.9 Å². The first kappa shape index (κ1) is 22.0. The Kier molecular flexibility index (Phi) is 7.28. The molecule has 0 bridgehead atoms. The lowest BCUT2D eigenvalue weighted by molar-refractivity contribution is -0.116. The number of thioether (sulfide) groups is 1. The molecule has 0 aliphatic heterocycles. The first-order chi connectivity index (χ1) is 14.5. The van der Waals surface area contributed by atoms with Crippen molar-refractivity contribution in [3.05, 3.63) is 47.2 Å². The summed E-state index contributed by atoms with van der Waals surface area (Å²) < 4.78 is 7.92. The third kappa shape index (κ3) is 4.73. The van der Waals surface area contributed by atoms with Crippen LogP contribution >= 0.6 is 23.1 Å². The summed E-state index contributed by atoms with van der Waals surface area (Å²) >= 11 is 2.93. The molecule has 30 heavy (non-hydrogen) atoms. The van der Waals surface area contributed by atoms with Crippen LogP contribution in [0.5, 0.6) is 0 Å². The summed E-state index contributed by atoms with van der Waals surface area (Å²) in [5, 5.41) is 11.4. The van der Waals surface area contributed by atoms with Crippen molar-refractivity contribution >= 4 is 40.1 Å². The van der Waals surface area contributed by atoms with Crippen molar-refractivity contribution in [2.75, 3.05) is 17.7 Å². The number of hydrogen-bond donors (Lipinski definition) is 1. The second-order valence-corrected chi connectivity index (χ2v) is 8.95. The number of aromatic nitrogens is 3. The molecule has 1 amide bonds. The van der Waals surface area contributed by atoms with E-state index in [4.69, 9.17) is 4.74 Å². The highest BCUT2D eigenvalue weighted by atomic mass is 32.2. The van der Waals surface area contributed by atoms with Crippen LogP contribution in [-0.2, 0) is 16.1 Å². The van der Waals surface area contributed by atoms with E-state index in [1.165, 1.54) is 11.3 Å². The van der Waals surface area contributed by atoms with Gasteiger partial charge in [-0.25, -0.2) is 4.79 Å². The molecule has 1 N–H and O–H groups in total. The number of nitrogens with zero attached hydrogens (tertiary/aromatic N) is 3. The largest absolute Gasteiger partial charge is 0.462 e. The van der Waals surface area contributed by atoms with E-state index in [9.17, 15) is 9.59 Å². The summed E-state index contributed by atoms with van der Waals surface area (Å²) in [6.07, 6.45) is 0. The monoisotopic (exact) mass is 444 g/mol. The Balaban J connectivity index is 1.94. The number of esters is 1. The fraction of sp³-hybridized carbons (Fsp3) is 0.333. The Labute approximate surface area is 183 Å². The lowest BCUT2D eigenvalue weighted by Crippen LogP contribution is -2.20. The van der Waals surface area contributed by atoms with Crippen LogP contribution in [0.3, 0.4) is 0 Å². The van der Waals surface area contributed by atoms with E-state index in [0.717, 1.165) is 26.9 Å². The molecular formula is C21H24N4O3S2. The number of hydrogen-bond acceptors (Lipinski definition) is 7. The molecule has 0 saturated heterocycles. The summed E-state index contributed by atoms with van der Waals surface area (Å²) in [5.41, 5.74) is 3.74. The second-order valence-electron chi connectivity index (χ2n) is 6.46. The lowest BCUT2D eigenvalue weighted by Gasteiger charge is -2.12. The van der Waals surface area contributed by atoms with Gasteiger partial charge < -0.3 is 9.30 Å². The van der Waals surface area contributed by atoms with Gasteiger partial charge in [0, 0.05) is 5.69 Å². The van der Waals surface area contributed by atoms with Crippen molar-refractivity contribution in [1.82, 2.24) is 14.8 Å². The molecule has 0 atom stereocenters. The van der Waals surface area contributed by atoms with Gasteiger partial charge in [-0.3, -0.25) is 10.1 Å². The third-order valence-corrected chi connectivity index (χ3v) is 6.37. The zero-order valence-electron chi connectivity index (χ0n) is 17.4. The number of rotatable bonds is 8. The topological polar surface area (TPSA) is 86.1 Å². The lowest BCUT2D eigenvalue weighted by atomic mass is 10.1. The van der Waals surface area contributed by atoms with E-state index >= 15 is 0 Å². The van der Waals surface area contributed by atoms with Gasteiger partial charge in [0.25, 0.3) is 0 Å². The molecule has 158 valence electrons. The van der Waals surface area contributed by atoms with Gasteiger partial charge in [0.1, 0.15) is 6.54 Å². The van der Waals surface area contributed by atoms with Crippen molar-refractivity contribution in [2.24, 2.45) is 0 Å². The predicted molar refractivity (Wildman–Crippen MR) is 120 cm³/mol. The summed E-state index contributed by atoms with van der Waals surface area (Å²) in [4.78, 5) is 25.4. The number of carbonyl (C=O) groups excluding carboxylic acids is 2. The summed E-state index contributed by atoms with van der Waals surface area (Å²) in [7, 11) is 0. The van der Waals surface area contributed by atoms with Crippen LogP contribution in [0, 0.1) is 13.8 Å². The zero-order valence-corrected chi connectivity index (χ0v) is 19.0. The van der Waals surface area contributed by atoms with Gasteiger partial charge in [-0.15, -0.1) is 10.2 Å². The molecular weight excluding hydrogens is 420 g/mol. The summed E-state index contributed by atoms with van der Waals surface area (Å²) in [6.45, 7) is 7.87. The Morgan fingerprint density at radius 3 is 2.57 bits per heavy atom. The fourth-order valence-corrected chi connectivity index (χ4v) is 4.97. The van der Waals surface area contributed by atoms with E-state index in [1.807, 2.05) is 55.7 Å². The van der Waals surface area contributed by atoms with Crippen LogP contribution in [0.2, 0.25) is 0 Å². The van der Waals surface area contributed by atoms with Gasteiger partial charge in [0.2, 0.25) is 11.0 Å². The van der Waals surface area contributed by atoms with Crippen LogP contribution in [0.15, 0.2) is 34.7 Å². The van der Waals surface area contributed by atoms with Crippen LogP contribution in [0.25, 0.3) is 11.3 Å². The molecule has 0 unspecified atom stereocenters. The van der Waals surface area contributed by atoms with E-state index in [0.29, 0.717) is 23.0 Å². The Morgan fingerprint density at radius 2 is 1.90 bits per heavy atom. The van der Waals surface area contributed by atoms with Crippen molar-refractivity contribution in [3.63, 3.8) is 0 Å². The van der Waals surface area contributed by atoms with Crippen LogP contribution in [0.1, 0.15) is 35.5 Å². The first-order valence-electron chi connectivity index (χ1n) is 9.64. The van der Waals surface area contributed by atoms with Gasteiger partial charge in [-0.2, -0.15) is 0 Å². The minimum atomic E-state index is -0.380. The third-order valence-electron chi connectivity index (χ3n) is 4.52. The van der Waals surface area contributed by atoms with E-state index in [-0.39, 0.29) is 18.4 Å². The number of carbonyl (C=O) groups is 2. The Hall–Kier alpha value is -2.65. The molecule has 2 aromatic heterocycles. The van der Waals surface area contributed by atoms with Crippen molar-refractivity contribution < 1.29 is 14.3 Å². The molecule has 0 aliphatic rings. The maximum absolute atomic E-state index is 12.8. The number of anilines is 1. The van der Waals surface area contributed by atoms with Gasteiger partial charge in [-0.1, -0.05) is 60.4 Å². The van der Waals surface area contributed by atoms with Gasteiger partial charge in [-0.05, 0) is 37.7 Å². The molecule has 0 fully saturated rings. The van der Waals surface area contributed by atoms with Crippen LogP contribution < -0.4 is 5.32 Å². The second kappa shape index (κ2) is 9.90. The normalized spacial score (nSPS) is 10.8. The minimum Gasteiger partial charge on any atom is -0.462 e. The summed E-state index contributed by atoms with van der Waals surface area (Å²) in [6, 6.07) is 9.72. The van der Waals surface area contributed by atoms with Crippen LogP contribution in [-0.4, -0.2) is 39.0 Å². The van der Waals surface area contributed by atoms with E-state index < -0.39 is 0 Å². The molecule has 0 radical (unpaired) electrons. The number of amides is 1. The number of nitrogens with one attached hydrogen (secondary N) is 1. The summed E-state index contributed by atoms with van der Waals surface area (Å²) in [5.74, 6) is 0.278. The van der Waals surface area contributed by atoms with Gasteiger partial charge in [0.15, 0.2) is 4.34 Å². The first-order valence-corrected chi connectivity index (χ1v) is 11.4. The minimum absolute atomic E-state index is 0.0478. The molecule has 3 aromatic rings. The molecule has 9 heteroatoms. The molecule has 0 saturated carbocycles. The van der Waals surface area contributed by atoms with Crippen LogP contribution in [0.4, 0.5) is 5.13 Å². The van der Waals surface area contributed by atoms with Crippen molar-refractivity contribution in [3.8, 4) is 11.3 Å². The van der Waals surface area contributed by atoms with E-state index in [2.05, 4.69) is 15.5 Å². The van der Waals surface area contributed by atoms with Crippen molar-refractivity contribution in [1.29, 1.82) is 0 Å². The number of ether oxygens (including phenoxy) is 1. The fourth-order valence-electron chi connectivity index (χ4n) is 3.31. The molecule has 3 rings (SSSR count). The molecule has 7 nitrogen and oxygen atoms in total. The zero-order chi connectivity index (χ0) is 21.7. The SMILES string of the molecule is CCOC(=O)c1c(C)c(-c2ccccc2)n(CC(=O)Nc2nnc(SCC)s2)c1C. The highest BCUT2D eigenvalue weighted by Gasteiger charge is 2.25. The predicted octanol–water partition coefficient (Wildman–Crippen LogP) is 4.55. The average molecular weight is 445 g/mol. The van der Waals surface area contributed by atoms with Gasteiger partial charge >= 0.3 is 5.97 Å². The highest BCUT2D eigenvalue weighted by Crippen LogP contribution is 2.32. The molecule has 1 aromatic carbocycles. The highest BCUT2D eigenvalue weighted by molar-refractivity contribution is 8.01. The maximum atomic E-state index is 12.8. The Morgan fingerprint density at radius 1 is 1.17 bits per heavy atom. The average Bonchev–Trinajstić information content (AvgIpc) is 3.25. The smallest absolute Gasteiger partial charge is 0.340 e. The quantitative estimate of drug-likeness (QED) is 0.312. The number of benzene rings is 1. The Bertz CT molecular complexity index is 1040. The molecule has 0 aliphatic carbocycles. The standard InChI is InChI=1S/C21H24N4O3S2/c1-5-28-19(27)17-13(3)18(15-10-8-7-9-11-15)25(14(17)4)12-16(26)22-20-23-24-21(30-20)29-6-2/h7-11H,5-6,12H2,1-4H3,(H,22,23,26). The van der Waals surface area contributed by atoms with E-state index in [1.54, 1.807) is 18.7 Å². The maximum Gasteiger partial charge on any atom is 0.340 e. The molecule has 0 spiro atoms. The molecule has 2 heterocycles.